The Morgan fingerprint density at radius 3 is 2.60 bits per heavy atom. The Morgan fingerprint density at radius 1 is 1.27 bits per heavy atom. The van der Waals surface area contributed by atoms with Crippen molar-refractivity contribution in [3.63, 3.8) is 0 Å². The molecule has 0 amide bonds. The molecule has 1 unspecified atom stereocenters. The molecule has 2 N–H and O–H groups in total. The lowest BCUT2D eigenvalue weighted by Crippen LogP contribution is -2.05. The Morgan fingerprint density at radius 2 is 2.00 bits per heavy atom. The molecule has 0 heterocycles. The van der Waals surface area contributed by atoms with Gasteiger partial charge in [0.1, 0.15) is 11.6 Å². The van der Waals surface area contributed by atoms with Gasteiger partial charge in [0, 0.05) is 11.8 Å². The molecule has 0 saturated heterocycles. The molecule has 1 atom stereocenters. The van der Waals surface area contributed by atoms with Crippen LogP contribution in [0.4, 0.5) is 8.78 Å². The van der Waals surface area contributed by atoms with Gasteiger partial charge in [-0.25, -0.2) is 8.78 Å². The largest absolute Gasteiger partial charge is 0.330 e. The molecule has 1 aromatic rings. The van der Waals surface area contributed by atoms with Gasteiger partial charge in [-0.15, -0.1) is 0 Å². The van der Waals surface area contributed by atoms with Crippen LogP contribution in [0.5, 0.6) is 0 Å². The van der Waals surface area contributed by atoms with Gasteiger partial charge in [-0.05, 0) is 31.5 Å². The summed E-state index contributed by atoms with van der Waals surface area (Å²) in [6, 6.07) is 3.08. The maximum Gasteiger partial charge on any atom is 0.142 e. The molecule has 2 nitrogen and oxygen atoms in total. The predicted octanol–water partition coefficient (Wildman–Crippen LogP) is 1.81. The lowest BCUT2D eigenvalue weighted by molar-refractivity contribution is 0.562. The lowest BCUT2D eigenvalue weighted by atomic mass is 10.3. The van der Waals surface area contributed by atoms with Gasteiger partial charge in [0.05, 0.1) is 15.7 Å². The maximum atomic E-state index is 13.2. The Kier molecular flexibility index (Phi) is 4.84. The third-order valence-corrected chi connectivity index (χ3v) is 3.40. The molecule has 1 rings (SSSR count). The smallest absolute Gasteiger partial charge is 0.142 e. The molecule has 0 aliphatic rings. The van der Waals surface area contributed by atoms with E-state index in [1.165, 1.54) is 6.07 Å². The van der Waals surface area contributed by atoms with Crippen LogP contribution in [0.3, 0.4) is 0 Å². The van der Waals surface area contributed by atoms with Gasteiger partial charge in [-0.1, -0.05) is 0 Å². The molecule has 0 radical (unpaired) electrons. The minimum absolute atomic E-state index is 0.0634. The molecular weight excluding hydrogens is 220 g/mol. The van der Waals surface area contributed by atoms with E-state index in [1.54, 1.807) is 0 Å². The zero-order valence-corrected chi connectivity index (χ0v) is 9.03. The van der Waals surface area contributed by atoms with Crippen LogP contribution in [0.15, 0.2) is 23.1 Å². The molecular formula is C10H13F2NOS. The molecule has 0 bridgehead atoms. The summed E-state index contributed by atoms with van der Waals surface area (Å²) in [5.41, 5.74) is 5.28. The van der Waals surface area contributed by atoms with Crippen molar-refractivity contribution in [1.29, 1.82) is 0 Å². The molecule has 1 aromatic carbocycles. The second kappa shape index (κ2) is 5.92. The van der Waals surface area contributed by atoms with E-state index < -0.39 is 22.4 Å². The van der Waals surface area contributed by atoms with Crippen molar-refractivity contribution in [3.8, 4) is 0 Å². The minimum Gasteiger partial charge on any atom is -0.330 e. The third-order valence-electron chi connectivity index (χ3n) is 1.92. The van der Waals surface area contributed by atoms with Gasteiger partial charge in [-0.3, -0.25) is 4.21 Å². The van der Waals surface area contributed by atoms with Crippen LogP contribution in [0, 0.1) is 11.6 Å². The van der Waals surface area contributed by atoms with Crippen LogP contribution in [-0.2, 0) is 10.8 Å². The molecule has 0 aliphatic carbocycles. The first kappa shape index (κ1) is 12.3. The van der Waals surface area contributed by atoms with E-state index in [0.717, 1.165) is 18.6 Å². The number of halogens is 2. The van der Waals surface area contributed by atoms with Gasteiger partial charge in [0.2, 0.25) is 0 Å². The Labute approximate surface area is 89.9 Å². The van der Waals surface area contributed by atoms with E-state index in [4.69, 9.17) is 5.73 Å². The molecule has 0 fully saturated rings. The average molecular weight is 233 g/mol. The van der Waals surface area contributed by atoms with E-state index >= 15 is 0 Å². The maximum absolute atomic E-state index is 13.2. The van der Waals surface area contributed by atoms with Crippen molar-refractivity contribution >= 4 is 10.8 Å². The van der Waals surface area contributed by atoms with Crippen LogP contribution in [0.2, 0.25) is 0 Å². The third kappa shape index (κ3) is 3.68. The van der Waals surface area contributed by atoms with E-state index in [-0.39, 0.29) is 4.90 Å². The molecule has 0 aliphatic heterocycles. The van der Waals surface area contributed by atoms with Gasteiger partial charge < -0.3 is 5.73 Å². The second-order valence-corrected chi connectivity index (χ2v) is 4.66. The number of hydrogen-bond acceptors (Lipinski definition) is 2. The van der Waals surface area contributed by atoms with Crippen molar-refractivity contribution in [2.75, 3.05) is 12.3 Å². The van der Waals surface area contributed by atoms with Crippen LogP contribution < -0.4 is 5.73 Å². The molecule has 15 heavy (non-hydrogen) atoms. The minimum atomic E-state index is -1.40. The topological polar surface area (TPSA) is 43.1 Å². The highest BCUT2D eigenvalue weighted by Gasteiger charge is 2.10. The van der Waals surface area contributed by atoms with Crippen LogP contribution in [0.1, 0.15) is 12.8 Å². The fourth-order valence-electron chi connectivity index (χ4n) is 1.15. The number of unbranched alkanes of at least 4 members (excludes halogenated alkanes) is 1. The summed E-state index contributed by atoms with van der Waals surface area (Å²) in [6.45, 7) is 0.531. The highest BCUT2D eigenvalue weighted by molar-refractivity contribution is 7.85. The van der Waals surface area contributed by atoms with E-state index in [9.17, 15) is 13.0 Å². The quantitative estimate of drug-likeness (QED) is 0.788. The highest BCUT2D eigenvalue weighted by atomic mass is 32.2. The standard InChI is InChI=1S/C10H13F2NOS/c11-8-3-4-10(9(12)7-8)15(14)6-2-1-5-13/h3-4,7H,1-2,5-6,13H2. The first-order valence-electron chi connectivity index (χ1n) is 4.68. The second-order valence-electron chi connectivity index (χ2n) is 3.12. The summed E-state index contributed by atoms with van der Waals surface area (Å²) in [4.78, 5) is 0.0634. The first-order chi connectivity index (χ1) is 7.15. The van der Waals surface area contributed by atoms with E-state index in [2.05, 4.69) is 0 Å². The molecule has 0 aromatic heterocycles. The van der Waals surface area contributed by atoms with Crippen LogP contribution in [0.25, 0.3) is 0 Å². The van der Waals surface area contributed by atoms with Crippen molar-refractivity contribution in [2.45, 2.75) is 17.7 Å². The molecule has 0 spiro atoms. The summed E-state index contributed by atoms with van der Waals surface area (Å²) in [5.74, 6) is -1.05. The number of benzene rings is 1. The van der Waals surface area contributed by atoms with Gasteiger partial charge in [0.15, 0.2) is 0 Å². The van der Waals surface area contributed by atoms with Gasteiger partial charge >= 0.3 is 0 Å². The molecule has 84 valence electrons. The van der Waals surface area contributed by atoms with Crippen LogP contribution >= 0.6 is 0 Å². The van der Waals surface area contributed by atoms with Crippen LogP contribution in [-0.4, -0.2) is 16.5 Å². The van der Waals surface area contributed by atoms with Gasteiger partial charge in [-0.2, -0.15) is 0 Å². The number of rotatable bonds is 5. The summed E-state index contributed by atoms with van der Waals surface area (Å²) in [6.07, 6.45) is 1.44. The molecule has 5 heteroatoms. The normalized spacial score (nSPS) is 12.7. The Hall–Kier alpha value is -0.810. The fraction of sp³-hybridized carbons (Fsp3) is 0.400. The zero-order chi connectivity index (χ0) is 11.3. The monoisotopic (exact) mass is 233 g/mol. The predicted molar refractivity (Wildman–Crippen MR) is 55.9 cm³/mol. The number of nitrogens with two attached hydrogens (primary N) is 1. The van der Waals surface area contributed by atoms with Crippen molar-refractivity contribution in [3.05, 3.63) is 29.8 Å². The lowest BCUT2D eigenvalue weighted by Gasteiger charge is -2.03. The summed E-state index contributed by atoms with van der Waals surface area (Å²) in [7, 11) is -1.40. The zero-order valence-electron chi connectivity index (χ0n) is 8.21. The Balaban J connectivity index is 2.65. The SMILES string of the molecule is NCCCCS(=O)c1ccc(F)cc1F. The van der Waals surface area contributed by atoms with Crippen molar-refractivity contribution < 1.29 is 13.0 Å². The van der Waals surface area contributed by atoms with E-state index in [1.807, 2.05) is 0 Å². The van der Waals surface area contributed by atoms with Crippen molar-refractivity contribution in [1.82, 2.24) is 0 Å². The summed E-state index contributed by atoms with van der Waals surface area (Å²) in [5, 5.41) is 0. The summed E-state index contributed by atoms with van der Waals surface area (Å²) >= 11 is 0. The Bertz CT molecular complexity index is 357. The number of hydrogen-bond donors (Lipinski definition) is 1. The summed E-state index contributed by atoms with van der Waals surface area (Å²) < 4.78 is 37.3. The highest BCUT2D eigenvalue weighted by Crippen LogP contribution is 2.14. The van der Waals surface area contributed by atoms with Crippen molar-refractivity contribution in [2.24, 2.45) is 5.73 Å². The average Bonchev–Trinajstić information content (AvgIpc) is 2.17. The molecule has 0 saturated carbocycles. The van der Waals surface area contributed by atoms with E-state index in [0.29, 0.717) is 18.7 Å². The fourth-order valence-corrected chi connectivity index (χ4v) is 2.33. The first-order valence-corrected chi connectivity index (χ1v) is 6.00. The van der Waals surface area contributed by atoms with Gasteiger partial charge in [0.25, 0.3) is 0 Å².